The van der Waals surface area contributed by atoms with Crippen molar-refractivity contribution in [1.82, 2.24) is 5.32 Å². The number of carboxylic acids is 1. The second kappa shape index (κ2) is 5.67. The van der Waals surface area contributed by atoms with E-state index >= 15 is 0 Å². The average Bonchev–Trinajstić information content (AvgIpc) is 2.00. The molecular formula is C9H18N2O4. The molecule has 0 spiro atoms. The number of nitrogens with one attached hydrogen (secondary N) is 1. The van der Waals surface area contributed by atoms with Gasteiger partial charge in [0.25, 0.3) is 0 Å². The topological polar surface area (TPSA) is 113 Å². The van der Waals surface area contributed by atoms with Gasteiger partial charge in [0, 0.05) is 13.0 Å². The molecule has 88 valence electrons. The third kappa shape index (κ3) is 7.90. The molecule has 0 aromatic carbocycles. The quantitative estimate of drug-likeness (QED) is 0.441. The van der Waals surface area contributed by atoms with Crippen LogP contribution in [0.15, 0.2) is 0 Å². The maximum absolute atomic E-state index is 10.7. The summed E-state index contributed by atoms with van der Waals surface area (Å²) in [6.07, 6.45) is 0.135. The van der Waals surface area contributed by atoms with Crippen LogP contribution in [-0.2, 0) is 9.59 Å². The van der Waals surface area contributed by atoms with Crippen LogP contribution in [0.3, 0.4) is 0 Å². The van der Waals surface area contributed by atoms with Gasteiger partial charge in [-0.05, 0) is 20.3 Å². The summed E-state index contributed by atoms with van der Waals surface area (Å²) in [5, 5.41) is 20.8. The smallest absolute Gasteiger partial charge is 0.320 e. The van der Waals surface area contributed by atoms with Crippen LogP contribution in [0.1, 0.15) is 26.7 Å². The highest BCUT2D eigenvalue weighted by Crippen LogP contribution is 2.02. The summed E-state index contributed by atoms with van der Waals surface area (Å²) in [7, 11) is 0. The number of carbonyl (C=O) groups is 2. The zero-order valence-electron chi connectivity index (χ0n) is 8.99. The summed E-state index contributed by atoms with van der Waals surface area (Å²) < 4.78 is 0. The van der Waals surface area contributed by atoms with E-state index in [4.69, 9.17) is 10.8 Å². The van der Waals surface area contributed by atoms with Crippen LogP contribution < -0.4 is 11.1 Å². The Balaban J connectivity index is 4.06. The van der Waals surface area contributed by atoms with Crippen LogP contribution in [-0.4, -0.2) is 40.3 Å². The van der Waals surface area contributed by atoms with Crippen molar-refractivity contribution in [3.63, 3.8) is 0 Å². The fourth-order valence-corrected chi connectivity index (χ4v) is 0.972. The van der Waals surface area contributed by atoms with Crippen molar-refractivity contribution in [2.75, 3.05) is 6.54 Å². The summed E-state index contributed by atoms with van der Waals surface area (Å²) >= 11 is 0. The Bertz CT molecular complexity index is 235. The molecule has 0 fully saturated rings. The number of amides is 1. The summed E-state index contributed by atoms with van der Waals surface area (Å²) in [4.78, 5) is 21.2. The Kier molecular flexibility index (Phi) is 5.24. The molecule has 6 heteroatoms. The molecule has 5 N–H and O–H groups in total. The number of hydrogen-bond donors (Lipinski definition) is 4. The van der Waals surface area contributed by atoms with E-state index in [-0.39, 0.29) is 19.4 Å². The molecule has 0 unspecified atom stereocenters. The number of carbonyl (C=O) groups excluding carboxylic acids is 1. The fourth-order valence-electron chi connectivity index (χ4n) is 0.972. The first kappa shape index (κ1) is 13.9. The van der Waals surface area contributed by atoms with Crippen molar-refractivity contribution < 1.29 is 19.8 Å². The van der Waals surface area contributed by atoms with Crippen molar-refractivity contribution in [3.05, 3.63) is 0 Å². The first-order valence-electron chi connectivity index (χ1n) is 4.69. The monoisotopic (exact) mass is 218 g/mol. The van der Waals surface area contributed by atoms with Crippen molar-refractivity contribution in [3.8, 4) is 0 Å². The lowest BCUT2D eigenvalue weighted by atomic mass is 10.1. The molecule has 0 aromatic rings. The van der Waals surface area contributed by atoms with Gasteiger partial charge in [-0.2, -0.15) is 0 Å². The molecule has 6 nitrogen and oxygen atoms in total. The number of hydrogen-bond acceptors (Lipinski definition) is 4. The Morgan fingerprint density at radius 1 is 1.47 bits per heavy atom. The lowest BCUT2D eigenvalue weighted by molar-refractivity contribution is -0.139. The number of primary amides is 1. The number of aliphatic hydroxyl groups is 1. The largest absolute Gasteiger partial charge is 0.480 e. The Hall–Kier alpha value is -1.14. The molecule has 15 heavy (non-hydrogen) atoms. The highest BCUT2D eigenvalue weighted by atomic mass is 16.4. The summed E-state index contributed by atoms with van der Waals surface area (Å²) in [5.41, 5.74) is 3.93. The van der Waals surface area contributed by atoms with Gasteiger partial charge in [0.05, 0.1) is 5.60 Å². The lowest BCUT2D eigenvalue weighted by Gasteiger charge is -2.21. The molecule has 0 saturated heterocycles. The van der Waals surface area contributed by atoms with E-state index in [0.717, 1.165) is 0 Å². The standard InChI is InChI=1S/C9H18N2O4/c1-9(2,15)5-11-6(8(13)14)3-4-7(10)12/h6,11,15H,3-5H2,1-2H3,(H2,10,12)(H,13,14)/t6-/m0/s1. The number of rotatable bonds is 7. The predicted molar refractivity (Wildman–Crippen MR) is 54.2 cm³/mol. The minimum absolute atomic E-state index is 0.00975. The van der Waals surface area contributed by atoms with Gasteiger partial charge in [-0.15, -0.1) is 0 Å². The zero-order valence-corrected chi connectivity index (χ0v) is 8.99. The number of aliphatic carboxylic acids is 1. The van der Waals surface area contributed by atoms with Crippen LogP contribution in [0.2, 0.25) is 0 Å². The zero-order chi connectivity index (χ0) is 12.1. The van der Waals surface area contributed by atoms with E-state index in [1.54, 1.807) is 13.8 Å². The van der Waals surface area contributed by atoms with Gasteiger partial charge >= 0.3 is 5.97 Å². The van der Waals surface area contributed by atoms with Crippen molar-refractivity contribution in [2.45, 2.75) is 38.3 Å². The van der Waals surface area contributed by atoms with E-state index in [1.807, 2.05) is 0 Å². The fraction of sp³-hybridized carbons (Fsp3) is 0.778. The molecule has 0 rings (SSSR count). The Labute approximate surface area is 88.5 Å². The molecule has 0 aliphatic rings. The van der Waals surface area contributed by atoms with Crippen molar-refractivity contribution in [2.24, 2.45) is 5.73 Å². The van der Waals surface area contributed by atoms with E-state index in [0.29, 0.717) is 0 Å². The van der Waals surface area contributed by atoms with Gasteiger partial charge in [0.15, 0.2) is 0 Å². The van der Waals surface area contributed by atoms with E-state index in [2.05, 4.69) is 5.32 Å². The number of nitrogens with two attached hydrogens (primary N) is 1. The van der Waals surface area contributed by atoms with Gasteiger partial charge < -0.3 is 21.3 Å². The normalized spacial score (nSPS) is 13.5. The SMILES string of the molecule is CC(C)(O)CN[C@@H](CCC(N)=O)C(=O)O. The summed E-state index contributed by atoms with van der Waals surface area (Å²) in [6, 6.07) is -0.857. The second-order valence-electron chi connectivity index (χ2n) is 4.09. The molecule has 0 bridgehead atoms. The second-order valence-corrected chi connectivity index (χ2v) is 4.09. The minimum atomic E-state index is -1.06. The van der Waals surface area contributed by atoms with Gasteiger partial charge in [-0.25, -0.2) is 0 Å². The van der Waals surface area contributed by atoms with Crippen molar-refractivity contribution >= 4 is 11.9 Å². The highest BCUT2D eigenvalue weighted by Gasteiger charge is 2.21. The summed E-state index contributed by atoms with van der Waals surface area (Å²) in [6.45, 7) is 3.27. The third-order valence-corrected chi connectivity index (χ3v) is 1.76. The summed E-state index contributed by atoms with van der Waals surface area (Å²) in [5.74, 6) is -1.59. The molecule has 1 amide bonds. The van der Waals surface area contributed by atoms with E-state index in [9.17, 15) is 14.7 Å². The average molecular weight is 218 g/mol. The van der Waals surface area contributed by atoms with Crippen LogP contribution in [0.5, 0.6) is 0 Å². The molecule has 1 atom stereocenters. The van der Waals surface area contributed by atoms with Crippen molar-refractivity contribution in [1.29, 1.82) is 0 Å². The van der Waals surface area contributed by atoms with Gasteiger partial charge in [0.2, 0.25) is 5.91 Å². The first-order chi connectivity index (χ1) is 6.72. The van der Waals surface area contributed by atoms with Crippen LogP contribution >= 0.6 is 0 Å². The van der Waals surface area contributed by atoms with Gasteiger partial charge in [-0.1, -0.05) is 0 Å². The third-order valence-electron chi connectivity index (χ3n) is 1.76. The first-order valence-corrected chi connectivity index (χ1v) is 4.69. The maximum atomic E-state index is 10.7. The Morgan fingerprint density at radius 2 is 2.00 bits per heavy atom. The van der Waals surface area contributed by atoms with Gasteiger partial charge in [-0.3, -0.25) is 9.59 Å². The molecule has 0 radical (unpaired) electrons. The highest BCUT2D eigenvalue weighted by molar-refractivity contribution is 5.77. The molecule has 0 aliphatic carbocycles. The molecule has 0 saturated carbocycles. The number of carboxylic acid groups (broad SMARTS) is 1. The molecule has 0 aromatic heterocycles. The van der Waals surface area contributed by atoms with E-state index in [1.165, 1.54) is 0 Å². The van der Waals surface area contributed by atoms with Crippen LogP contribution in [0.4, 0.5) is 0 Å². The predicted octanol–water partition coefficient (Wildman–Crippen LogP) is -0.934. The minimum Gasteiger partial charge on any atom is -0.480 e. The lowest BCUT2D eigenvalue weighted by Crippen LogP contribution is -2.44. The Morgan fingerprint density at radius 3 is 2.33 bits per heavy atom. The van der Waals surface area contributed by atoms with Crippen LogP contribution in [0, 0.1) is 0 Å². The van der Waals surface area contributed by atoms with E-state index < -0.39 is 23.5 Å². The van der Waals surface area contributed by atoms with Crippen LogP contribution in [0.25, 0.3) is 0 Å². The van der Waals surface area contributed by atoms with Gasteiger partial charge in [0.1, 0.15) is 6.04 Å². The molecule has 0 heterocycles. The molecule has 0 aliphatic heterocycles. The maximum Gasteiger partial charge on any atom is 0.320 e. The molecular weight excluding hydrogens is 200 g/mol.